The third-order valence-corrected chi connectivity index (χ3v) is 6.13. The number of carbonyl (C=O) groups excluding carboxylic acids is 1. The van der Waals surface area contributed by atoms with Crippen LogP contribution < -0.4 is 5.32 Å². The largest absolute Gasteiger partial charge is 0.450 e. The van der Waals surface area contributed by atoms with Crippen molar-refractivity contribution in [2.45, 2.75) is 110 Å². The zero-order chi connectivity index (χ0) is 21.2. The predicted octanol–water partition coefficient (Wildman–Crippen LogP) is 8.47. The van der Waals surface area contributed by atoms with Gasteiger partial charge in [-0.15, -0.1) is 0 Å². The van der Waals surface area contributed by atoms with Crippen molar-refractivity contribution in [1.82, 2.24) is 5.32 Å². The molecule has 0 aromatic heterocycles. The predicted molar refractivity (Wildman–Crippen MR) is 127 cm³/mol. The molecule has 0 heterocycles. The molecule has 1 N–H and O–H groups in total. The van der Waals surface area contributed by atoms with Crippen LogP contribution in [-0.4, -0.2) is 12.7 Å². The van der Waals surface area contributed by atoms with Gasteiger partial charge < -0.3 is 10.1 Å². The first-order valence-electron chi connectivity index (χ1n) is 11.8. The number of rotatable bonds is 17. The van der Waals surface area contributed by atoms with Crippen LogP contribution in [0.1, 0.15) is 108 Å². The van der Waals surface area contributed by atoms with Gasteiger partial charge >= 0.3 is 6.09 Å². The quantitative estimate of drug-likeness (QED) is 0.233. The van der Waals surface area contributed by atoms with Crippen LogP contribution in [0.5, 0.6) is 0 Å². The van der Waals surface area contributed by atoms with E-state index in [2.05, 4.69) is 34.2 Å². The van der Waals surface area contributed by atoms with Crippen LogP contribution in [-0.2, 0) is 11.3 Å². The number of carbonyl (C=O) groups is 1. The number of hydrogen-bond acceptors (Lipinski definition) is 2. The number of nitrogens with one attached hydrogen (secondary N) is 1. The average Bonchev–Trinajstić information content (AvgIpc) is 2.71. The van der Waals surface area contributed by atoms with E-state index >= 15 is 0 Å². The first-order chi connectivity index (χ1) is 14.1. The Balaban J connectivity index is 1.86. The molecule has 4 heteroatoms. The van der Waals surface area contributed by atoms with Crippen LogP contribution in [0.15, 0.2) is 22.7 Å². The van der Waals surface area contributed by atoms with E-state index in [0.717, 1.165) is 22.9 Å². The maximum atomic E-state index is 11.8. The second kappa shape index (κ2) is 17.8. The van der Waals surface area contributed by atoms with Crippen molar-refractivity contribution in [1.29, 1.82) is 0 Å². The molecule has 0 aliphatic heterocycles. The summed E-state index contributed by atoms with van der Waals surface area (Å²) in [5.74, 6) is 0. The Morgan fingerprint density at radius 3 is 1.93 bits per heavy atom. The summed E-state index contributed by atoms with van der Waals surface area (Å²) >= 11 is 3.51. The lowest BCUT2D eigenvalue weighted by Crippen LogP contribution is -2.24. The Hall–Kier alpha value is -1.03. The monoisotopic (exact) mass is 467 g/mol. The van der Waals surface area contributed by atoms with Crippen molar-refractivity contribution in [3.8, 4) is 0 Å². The lowest BCUT2D eigenvalue weighted by molar-refractivity contribution is 0.143. The molecule has 1 amide bonds. The van der Waals surface area contributed by atoms with Gasteiger partial charge in [0.1, 0.15) is 0 Å². The third-order valence-electron chi connectivity index (χ3n) is 5.36. The highest BCUT2D eigenvalue weighted by molar-refractivity contribution is 9.10. The van der Waals surface area contributed by atoms with Crippen molar-refractivity contribution >= 4 is 22.0 Å². The molecule has 1 rings (SSSR count). The Morgan fingerprint density at radius 2 is 1.38 bits per heavy atom. The van der Waals surface area contributed by atoms with E-state index in [9.17, 15) is 4.79 Å². The average molecular weight is 469 g/mol. The summed E-state index contributed by atoms with van der Waals surface area (Å²) in [6.45, 7) is 5.32. The van der Waals surface area contributed by atoms with Gasteiger partial charge in [-0.25, -0.2) is 4.79 Å². The van der Waals surface area contributed by atoms with E-state index in [-0.39, 0.29) is 6.09 Å². The number of unbranched alkanes of at least 4 members (excludes halogenated alkanes) is 13. The molecule has 0 unspecified atom stereocenters. The zero-order valence-corrected chi connectivity index (χ0v) is 20.3. The summed E-state index contributed by atoms with van der Waals surface area (Å²) in [5.41, 5.74) is 2.25. The maximum absolute atomic E-state index is 11.8. The van der Waals surface area contributed by atoms with Gasteiger partial charge in [0, 0.05) is 11.0 Å². The number of hydrogen-bond donors (Lipinski definition) is 1. The Labute approximate surface area is 187 Å². The van der Waals surface area contributed by atoms with Gasteiger partial charge in [0.25, 0.3) is 0 Å². The van der Waals surface area contributed by atoms with E-state index in [0.29, 0.717) is 13.2 Å². The Bertz CT molecular complexity index is 548. The van der Waals surface area contributed by atoms with Gasteiger partial charge in [-0.1, -0.05) is 124 Å². The summed E-state index contributed by atoms with van der Waals surface area (Å²) in [5, 5.41) is 2.83. The van der Waals surface area contributed by atoms with Crippen molar-refractivity contribution in [2.24, 2.45) is 0 Å². The molecule has 0 saturated heterocycles. The van der Waals surface area contributed by atoms with Crippen molar-refractivity contribution in [2.75, 3.05) is 6.61 Å². The van der Waals surface area contributed by atoms with E-state index in [1.54, 1.807) is 0 Å². The fourth-order valence-electron chi connectivity index (χ4n) is 3.52. The fraction of sp³-hybridized carbons (Fsp3) is 0.720. The number of alkyl carbamates (subject to hydrolysis) is 1. The topological polar surface area (TPSA) is 38.3 Å². The normalized spacial score (nSPS) is 10.9. The Morgan fingerprint density at radius 1 is 0.862 bits per heavy atom. The first-order valence-corrected chi connectivity index (χ1v) is 12.6. The second-order valence-electron chi connectivity index (χ2n) is 8.18. The number of amides is 1. The molecule has 1 aromatic carbocycles. The molecule has 0 saturated carbocycles. The third kappa shape index (κ3) is 14.6. The highest BCUT2D eigenvalue weighted by Gasteiger charge is 2.05. The molecule has 29 heavy (non-hydrogen) atoms. The molecule has 166 valence electrons. The molecule has 0 fully saturated rings. The molecular formula is C25H42BrNO2. The molecule has 0 aliphatic carbocycles. The molecule has 0 atom stereocenters. The summed E-state index contributed by atoms with van der Waals surface area (Å²) in [6.07, 6.45) is 18.3. The van der Waals surface area contributed by atoms with Gasteiger partial charge in [0.05, 0.1) is 6.61 Å². The number of ether oxygens (including phenoxy) is 1. The SMILES string of the molecule is CCCCCCCCCCCCCCCCOC(=O)NCc1cc(C)ccc1Br. The van der Waals surface area contributed by atoms with Gasteiger partial charge in [0.2, 0.25) is 0 Å². The summed E-state index contributed by atoms with van der Waals surface area (Å²) in [4.78, 5) is 11.8. The lowest BCUT2D eigenvalue weighted by Gasteiger charge is -2.09. The first kappa shape index (κ1) is 26.0. The standard InChI is InChI=1S/C25H42BrNO2/c1-3-4-5-6-7-8-9-10-11-12-13-14-15-16-19-29-25(28)27-21-23-20-22(2)17-18-24(23)26/h17-18,20H,3-16,19,21H2,1-2H3,(H,27,28). The van der Waals surface area contributed by atoms with Crippen LogP contribution >= 0.6 is 15.9 Å². The number of aryl methyl sites for hydroxylation is 1. The van der Waals surface area contributed by atoms with Crippen molar-refractivity contribution < 1.29 is 9.53 Å². The van der Waals surface area contributed by atoms with E-state index in [4.69, 9.17) is 4.74 Å². The number of halogens is 1. The minimum absolute atomic E-state index is 0.326. The Kier molecular flexibility index (Phi) is 16.0. The van der Waals surface area contributed by atoms with E-state index < -0.39 is 0 Å². The highest BCUT2D eigenvalue weighted by atomic mass is 79.9. The summed E-state index contributed by atoms with van der Waals surface area (Å²) < 4.78 is 6.29. The molecule has 0 spiro atoms. The second-order valence-corrected chi connectivity index (χ2v) is 9.03. The van der Waals surface area contributed by atoms with Crippen LogP contribution in [0.2, 0.25) is 0 Å². The van der Waals surface area contributed by atoms with Crippen LogP contribution in [0.25, 0.3) is 0 Å². The zero-order valence-electron chi connectivity index (χ0n) is 18.7. The summed E-state index contributed by atoms with van der Waals surface area (Å²) in [6, 6.07) is 6.12. The molecule has 0 radical (unpaired) electrons. The van der Waals surface area contributed by atoms with Gasteiger partial charge in [-0.2, -0.15) is 0 Å². The highest BCUT2D eigenvalue weighted by Crippen LogP contribution is 2.18. The molecular weight excluding hydrogens is 426 g/mol. The number of benzene rings is 1. The van der Waals surface area contributed by atoms with E-state index in [1.165, 1.54) is 82.6 Å². The van der Waals surface area contributed by atoms with Gasteiger partial charge in [0.15, 0.2) is 0 Å². The molecule has 3 nitrogen and oxygen atoms in total. The van der Waals surface area contributed by atoms with Crippen LogP contribution in [0, 0.1) is 6.92 Å². The van der Waals surface area contributed by atoms with Crippen LogP contribution in [0.3, 0.4) is 0 Å². The van der Waals surface area contributed by atoms with Crippen molar-refractivity contribution in [3.05, 3.63) is 33.8 Å². The van der Waals surface area contributed by atoms with Gasteiger partial charge in [-0.3, -0.25) is 0 Å². The molecule has 0 bridgehead atoms. The lowest BCUT2D eigenvalue weighted by atomic mass is 10.0. The molecule has 1 aromatic rings. The maximum Gasteiger partial charge on any atom is 0.407 e. The minimum atomic E-state index is -0.326. The van der Waals surface area contributed by atoms with E-state index in [1.807, 2.05) is 19.1 Å². The smallest absolute Gasteiger partial charge is 0.407 e. The molecule has 0 aliphatic rings. The summed E-state index contributed by atoms with van der Waals surface area (Å²) in [7, 11) is 0. The van der Waals surface area contributed by atoms with Crippen molar-refractivity contribution in [3.63, 3.8) is 0 Å². The van der Waals surface area contributed by atoms with Gasteiger partial charge in [-0.05, 0) is 25.0 Å². The minimum Gasteiger partial charge on any atom is -0.450 e. The fourth-order valence-corrected chi connectivity index (χ4v) is 3.91. The van der Waals surface area contributed by atoms with Crippen LogP contribution in [0.4, 0.5) is 4.79 Å².